The molecule has 1 aromatic carbocycles. The average Bonchev–Trinajstić information content (AvgIpc) is 3.10. The highest BCUT2D eigenvalue weighted by Crippen LogP contribution is 2.33. The zero-order valence-corrected chi connectivity index (χ0v) is 17.5. The molecule has 1 aliphatic carbocycles. The minimum absolute atomic E-state index is 0.0175. The predicted octanol–water partition coefficient (Wildman–Crippen LogP) is 4.18. The van der Waals surface area contributed by atoms with Crippen molar-refractivity contribution < 1.29 is 9.59 Å². The molecule has 1 aliphatic heterocycles. The quantitative estimate of drug-likeness (QED) is 0.416. The molecule has 158 valence electrons. The van der Waals surface area contributed by atoms with Crippen LogP contribution in [0.15, 0.2) is 37.1 Å². The first kappa shape index (κ1) is 20.8. The van der Waals surface area contributed by atoms with Gasteiger partial charge in [0, 0.05) is 36.1 Å². The summed E-state index contributed by atoms with van der Waals surface area (Å²) in [5, 5.41) is 6.13. The van der Waals surface area contributed by atoms with Gasteiger partial charge in [0.1, 0.15) is 5.15 Å². The van der Waals surface area contributed by atoms with Gasteiger partial charge in [-0.15, -0.1) is 0 Å². The molecule has 1 aromatic heterocycles. The van der Waals surface area contributed by atoms with Crippen molar-refractivity contribution in [2.75, 3.05) is 10.6 Å². The summed E-state index contributed by atoms with van der Waals surface area (Å²) in [6.07, 6.45) is 6.21. The SMILES string of the molecule is [C-]#[N+]c1cnc(N[C@@H]2CCC[C@H](N3Cc4ccc(NC(=O)C=C)cc4C3=O)C2)nc1Cl. The van der Waals surface area contributed by atoms with Gasteiger partial charge in [-0.1, -0.05) is 24.2 Å². The monoisotopic (exact) mass is 436 g/mol. The van der Waals surface area contributed by atoms with Crippen molar-refractivity contribution in [1.29, 1.82) is 0 Å². The van der Waals surface area contributed by atoms with E-state index in [0.29, 0.717) is 23.7 Å². The number of nitrogens with zero attached hydrogens (tertiary/aromatic N) is 4. The normalized spacial score (nSPS) is 20.0. The molecule has 9 heteroatoms. The van der Waals surface area contributed by atoms with Gasteiger partial charge in [0.15, 0.2) is 0 Å². The van der Waals surface area contributed by atoms with Crippen LogP contribution in [0.5, 0.6) is 0 Å². The van der Waals surface area contributed by atoms with Crippen molar-refractivity contribution in [2.45, 2.75) is 44.3 Å². The van der Waals surface area contributed by atoms with Gasteiger partial charge in [-0.05, 0) is 49.5 Å². The number of rotatable bonds is 5. The number of hydrogen-bond donors (Lipinski definition) is 2. The summed E-state index contributed by atoms with van der Waals surface area (Å²) in [6, 6.07) is 5.62. The highest BCUT2D eigenvalue weighted by molar-refractivity contribution is 6.32. The first-order valence-corrected chi connectivity index (χ1v) is 10.4. The topological polar surface area (TPSA) is 91.6 Å². The van der Waals surface area contributed by atoms with Crippen molar-refractivity contribution in [3.8, 4) is 0 Å². The minimum Gasteiger partial charge on any atom is -0.351 e. The molecule has 8 nitrogen and oxygen atoms in total. The summed E-state index contributed by atoms with van der Waals surface area (Å²) in [5.41, 5.74) is 2.39. The second-order valence-corrected chi connectivity index (χ2v) is 8.00. The smallest absolute Gasteiger partial charge is 0.254 e. The number of amides is 2. The molecule has 0 radical (unpaired) electrons. The summed E-state index contributed by atoms with van der Waals surface area (Å²) in [4.78, 5) is 38.1. The Labute approximate surface area is 185 Å². The van der Waals surface area contributed by atoms with Crippen LogP contribution in [0.25, 0.3) is 4.85 Å². The maximum absolute atomic E-state index is 13.1. The number of fused-ring (bicyclic) bond motifs is 1. The fourth-order valence-corrected chi connectivity index (χ4v) is 4.32. The van der Waals surface area contributed by atoms with E-state index in [1.807, 2.05) is 11.0 Å². The number of aromatic nitrogens is 2. The van der Waals surface area contributed by atoms with Crippen molar-refractivity contribution in [3.05, 3.63) is 64.7 Å². The van der Waals surface area contributed by atoms with Crippen LogP contribution in [0.1, 0.15) is 41.6 Å². The molecule has 0 saturated heterocycles. The fraction of sp³-hybridized carbons (Fsp3) is 0.318. The van der Waals surface area contributed by atoms with E-state index < -0.39 is 0 Å². The third-order valence-electron chi connectivity index (χ3n) is 5.66. The second kappa shape index (κ2) is 8.74. The molecule has 2 N–H and O–H groups in total. The van der Waals surface area contributed by atoms with Crippen LogP contribution >= 0.6 is 11.6 Å². The van der Waals surface area contributed by atoms with E-state index >= 15 is 0 Å². The predicted molar refractivity (Wildman–Crippen MR) is 118 cm³/mol. The van der Waals surface area contributed by atoms with Gasteiger partial charge in [0.25, 0.3) is 5.91 Å². The summed E-state index contributed by atoms with van der Waals surface area (Å²) in [6.45, 7) is 11.0. The molecule has 2 aromatic rings. The summed E-state index contributed by atoms with van der Waals surface area (Å²) in [5.74, 6) is 0.0629. The van der Waals surface area contributed by atoms with E-state index in [-0.39, 0.29) is 34.7 Å². The number of carbonyl (C=O) groups excluding carboxylic acids is 2. The van der Waals surface area contributed by atoms with Crippen molar-refractivity contribution >= 4 is 40.7 Å². The lowest BCUT2D eigenvalue weighted by molar-refractivity contribution is -0.111. The van der Waals surface area contributed by atoms with Crippen molar-refractivity contribution in [2.24, 2.45) is 0 Å². The van der Waals surface area contributed by atoms with E-state index in [1.165, 1.54) is 12.3 Å². The molecular formula is C22H21ClN6O2. The largest absolute Gasteiger partial charge is 0.351 e. The van der Waals surface area contributed by atoms with E-state index in [1.54, 1.807) is 12.1 Å². The van der Waals surface area contributed by atoms with Gasteiger partial charge >= 0.3 is 0 Å². The molecule has 2 atom stereocenters. The Kier molecular flexibility index (Phi) is 5.87. The van der Waals surface area contributed by atoms with Crippen LogP contribution in [0.3, 0.4) is 0 Å². The Bertz CT molecular complexity index is 1100. The molecule has 31 heavy (non-hydrogen) atoms. The Morgan fingerprint density at radius 2 is 2.23 bits per heavy atom. The Morgan fingerprint density at radius 3 is 2.97 bits per heavy atom. The van der Waals surface area contributed by atoms with Gasteiger partial charge in [0.2, 0.25) is 17.5 Å². The molecule has 0 bridgehead atoms. The average molecular weight is 437 g/mol. The van der Waals surface area contributed by atoms with Crippen molar-refractivity contribution in [3.63, 3.8) is 0 Å². The second-order valence-electron chi connectivity index (χ2n) is 7.64. The van der Waals surface area contributed by atoms with E-state index in [9.17, 15) is 9.59 Å². The number of carbonyl (C=O) groups is 2. The number of benzene rings is 1. The number of anilines is 2. The summed E-state index contributed by atoms with van der Waals surface area (Å²) >= 11 is 6.01. The third kappa shape index (κ3) is 4.37. The molecule has 0 unspecified atom stereocenters. The maximum Gasteiger partial charge on any atom is 0.254 e. The van der Waals surface area contributed by atoms with Crippen LogP contribution in [0.4, 0.5) is 17.3 Å². The van der Waals surface area contributed by atoms with Gasteiger partial charge < -0.3 is 15.5 Å². The number of halogens is 1. The Hall–Kier alpha value is -3.44. The lowest BCUT2D eigenvalue weighted by atomic mass is 9.90. The Balaban J connectivity index is 1.44. The van der Waals surface area contributed by atoms with E-state index in [4.69, 9.17) is 18.2 Å². The first-order valence-electron chi connectivity index (χ1n) is 10.0. The van der Waals surface area contributed by atoms with Gasteiger partial charge in [-0.3, -0.25) is 9.59 Å². The van der Waals surface area contributed by atoms with Gasteiger partial charge in [0.05, 0.1) is 6.57 Å². The third-order valence-corrected chi connectivity index (χ3v) is 5.94. The minimum atomic E-state index is -0.310. The molecule has 2 heterocycles. The lowest BCUT2D eigenvalue weighted by Crippen LogP contribution is -2.42. The zero-order chi connectivity index (χ0) is 22.0. The van der Waals surface area contributed by atoms with Crippen LogP contribution in [0.2, 0.25) is 5.15 Å². The number of hydrogen-bond acceptors (Lipinski definition) is 5. The van der Waals surface area contributed by atoms with Gasteiger partial charge in [-0.25, -0.2) is 14.8 Å². The summed E-state index contributed by atoms with van der Waals surface area (Å²) < 4.78 is 0. The van der Waals surface area contributed by atoms with Gasteiger partial charge in [-0.2, -0.15) is 0 Å². The van der Waals surface area contributed by atoms with E-state index in [0.717, 1.165) is 31.2 Å². The highest BCUT2D eigenvalue weighted by atomic mass is 35.5. The first-order chi connectivity index (χ1) is 15.0. The van der Waals surface area contributed by atoms with E-state index in [2.05, 4.69) is 32.0 Å². The maximum atomic E-state index is 13.1. The number of nitrogens with one attached hydrogen (secondary N) is 2. The zero-order valence-electron chi connectivity index (χ0n) is 16.8. The van der Waals surface area contributed by atoms with Crippen LogP contribution < -0.4 is 10.6 Å². The molecule has 4 rings (SSSR count). The van der Waals surface area contributed by atoms with Crippen LogP contribution in [0, 0.1) is 6.57 Å². The highest BCUT2D eigenvalue weighted by Gasteiger charge is 2.35. The molecule has 1 fully saturated rings. The molecular weight excluding hydrogens is 416 g/mol. The summed E-state index contributed by atoms with van der Waals surface area (Å²) in [7, 11) is 0. The lowest BCUT2D eigenvalue weighted by Gasteiger charge is -2.35. The molecule has 2 aliphatic rings. The van der Waals surface area contributed by atoms with Crippen molar-refractivity contribution in [1.82, 2.24) is 14.9 Å². The molecule has 1 saturated carbocycles. The molecule has 2 amide bonds. The molecule has 0 spiro atoms. The van der Waals surface area contributed by atoms with Crippen LogP contribution in [-0.2, 0) is 11.3 Å². The standard InChI is InChI=1S/C22H21ClN6O2/c1-3-19(30)26-15-8-7-13-12-29(21(31)17(13)10-15)16-6-4-5-14(9-16)27-22-25-11-18(24-2)20(23)28-22/h3,7-8,10-11,14,16H,1,4-6,9,12H2,(H,26,30)(H,25,27,28)/t14-,16+/m1/s1. The van der Waals surface area contributed by atoms with Crippen LogP contribution in [-0.4, -0.2) is 38.8 Å². The Morgan fingerprint density at radius 1 is 1.39 bits per heavy atom. The fourth-order valence-electron chi connectivity index (χ4n) is 4.15.